The molecule has 98 heavy (non-hydrogen) atoms. The first-order valence-electron chi connectivity index (χ1n) is 41.2. The highest BCUT2D eigenvalue weighted by Gasteiger charge is 2.30. The summed E-state index contributed by atoms with van der Waals surface area (Å²) in [6.45, 7) is 7.36. The summed E-state index contributed by atoms with van der Waals surface area (Å²) < 4.78 is 68.6. The number of hydrogen-bond acceptors (Lipinski definition) is 15. The van der Waals surface area contributed by atoms with Crippen molar-refractivity contribution < 1.29 is 80.2 Å². The van der Waals surface area contributed by atoms with E-state index in [0.29, 0.717) is 25.7 Å². The van der Waals surface area contributed by atoms with E-state index in [2.05, 4.69) is 34.6 Å². The summed E-state index contributed by atoms with van der Waals surface area (Å²) in [6.07, 6.45) is 62.2. The zero-order valence-electron chi connectivity index (χ0n) is 63.9. The van der Waals surface area contributed by atoms with Gasteiger partial charge < -0.3 is 33.8 Å². The minimum absolute atomic E-state index is 0.108. The molecule has 0 spiro atoms. The van der Waals surface area contributed by atoms with Crippen molar-refractivity contribution >= 4 is 39.5 Å². The number of ether oxygens (including phenoxy) is 4. The Morgan fingerprint density at radius 2 is 0.490 bits per heavy atom. The van der Waals surface area contributed by atoms with Crippen LogP contribution in [0, 0.1) is 5.92 Å². The van der Waals surface area contributed by atoms with Crippen molar-refractivity contribution in [1.29, 1.82) is 0 Å². The standard InChI is InChI=1S/C79H154O17P2/c1-6-10-13-16-19-22-24-26-28-30-34-38-43-48-53-58-63-77(82)90-69-75(96-79(84)65-60-55-50-45-40-36-32-31-33-37-42-46-51-56-61-72(5)9-4)71-94-98(87,88)92-67-73(80)66-91-97(85,86)93-70-74(68-89-76(81)62-57-52-47-41-21-18-15-12-8-3)95-78(83)64-59-54-49-44-39-35-29-27-25-23-20-17-14-11-7-2/h72-75,80H,6-71H2,1-5H3,(H,85,86)(H,87,88)/t72?,73-,74+,75+/m0/s1. The molecule has 0 aromatic carbocycles. The first-order chi connectivity index (χ1) is 47.6. The molecule has 3 unspecified atom stereocenters. The zero-order valence-corrected chi connectivity index (χ0v) is 65.7. The third-order valence-electron chi connectivity index (χ3n) is 18.9. The number of carbonyl (C=O) groups excluding carboxylic acids is 4. The van der Waals surface area contributed by atoms with Gasteiger partial charge in [0.1, 0.15) is 19.3 Å². The monoisotopic (exact) mass is 1440 g/mol. The highest BCUT2D eigenvalue weighted by Crippen LogP contribution is 2.45. The summed E-state index contributed by atoms with van der Waals surface area (Å²) in [7, 11) is -9.91. The van der Waals surface area contributed by atoms with E-state index >= 15 is 0 Å². The summed E-state index contributed by atoms with van der Waals surface area (Å²) in [5.74, 6) is -1.26. The normalized spacial score (nSPS) is 14.2. The molecule has 3 N–H and O–H groups in total. The molecule has 0 aromatic heterocycles. The van der Waals surface area contributed by atoms with E-state index in [1.54, 1.807) is 0 Å². The smallest absolute Gasteiger partial charge is 0.462 e. The molecule has 0 aliphatic rings. The number of phosphoric ester groups is 2. The minimum Gasteiger partial charge on any atom is -0.462 e. The van der Waals surface area contributed by atoms with Gasteiger partial charge in [0, 0.05) is 25.7 Å². The van der Waals surface area contributed by atoms with Crippen LogP contribution in [-0.2, 0) is 65.4 Å². The van der Waals surface area contributed by atoms with Crippen molar-refractivity contribution in [2.24, 2.45) is 5.92 Å². The highest BCUT2D eigenvalue weighted by molar-refractivity contribution is 7.47. The predicted molar refractivity (Wildman–Crippen MR) is 400 cm³/mol. The number of carbonyl (C=O) groups is 4. The molecule has 0 aliphatic heterocycles. The molecule has 0 fully saturated rings. The van der Waals surface area contributed by atoms with Gasteiger partial charge in [-0.05, 0) is 31.6 Å². The maximum Gasteiger partial charge on any atom is 0.472 e. The van der Waals surface area contributed by atoms with Crippen LogP contribution in [0.3, 0.4) is 0 Å². The Bertz CT molecular complexity index is 1880. The van der Waals surface area contributed by atoms with Gasteiger partial charge in [-0.3, -0.25) is 37.3 Å². The number of hydrogen-bond donors (Lipinski definition) is 3. The molecular formula is C79H154O17P2. The van der Waals surface area contributed by atoms with Crippen LogP contribution in [0.1, 0.15) is 420 Å². The van der Waals surface area contributed by atoms with Gasteiger partial charge >= 0.3 is 39.5 Å². The van der Waals surface area contributed by atoms with E-state index in [9.17, 15) is 43.2 Å². The lowest BCUT2D eigenvalue weighted by Gasteiger charge is -2.21. The van der Waals surface area contributed by atoms with E-state index in [0.717, 1.165) is 95.8 Å². The van der Waals surface area contributed by atoms with Gasteiger partial charge in [-0.15, -0.1) is 0 Å². The summed E-state index contributed by atoms with van der Waals surface area (Å²) in [4.78, 5) is 72.9. The number of aliphatic hydroxyl groups excluding tert-OH is 1. The van der Waals surface area contributed by atoms with E-state index < -0.39 is 97.5 Å². The quantitative estimate of drug-likeness (QED) is 0.0222. The fourth-order valence-electron chi connectivity index (χ4n) is 12.2. The number of rotatable bonds is 79. The van der Waals surface area contributed by atoms with Crippen molar-refractivity contribution in [2.75, 3.05) is 39.6 Å². The number of phosphoric acid groups is 2. The van der Waals surface area contributed by atoms with Crippen LogP contribution in [0.15, 0.2) is 0 Å². The summed E-state index contributed by atoms with van der Waals surface area (Å²) in [5, 5.41) is 10.6. The van der Waals surface area contributed by atoms with Crippen LogP contribution in [0.5, 0.6) is 0 Å². The Labute approximate surface area is 600 Å². The van der Waals surface area contributed by atoms with Crippen LogP contribution >= 0.6 is 15.6 Å². The van der Waals surface area contributed by atoms with E-state index in [1.165, 1.54) is 244 Å². The van der Waals surface area contributed by atoms with Crippen molar-refractivity contribution in [2.45, 2.75) is 438 Å². The Morgan fingerprint density at radius 3 is 0.724 bits per heavy atom. The van der Waals surface area contributed by atoms with E-state index in [1.807, 2.05) is 0 Å². The Morgan fingerprint density at radius 1 is 0.286 bits per heavy atom. The fourth-order valence-corrected chi connectivity index (χ4v) is 13.8. The van der Waals surface area contributed by atoms with Gasteiger partial charge in [0.05, 0.1) is 26.4 Å². The average molecular weight is 1440 g/mol. The van der Waals surface area contributed by atoms with Crippen molar-refractivity contribution in [3.63, 3.8) is 0 Å². The molecule has 17 nitrogen and oxygen atoms in total. The van der Waals surface area contributed by atoms with Crippen molar-refractivity contribution in [3.05, 3.63) is 0 Å². The van der Waals surface area contributed by atoms with Gasteiger partial charge in [-0.25, -0.2) is 9.13 Å². The number of esters is 4. The van der Waals surface area contributed by atoms with Crippen LogP contribution in [0.2, 0.25) is 0 Å². The molecule has 0 bridgehead atoms. The first-order valence-corrected chi connectivity index (χ1v) is 44.2. The summed E-state index contributed by atoms with van der Waals surface area (Å²) in [6, 6.07) is 0. The second kappa shape index (κ2) is 72.0. The van der Waals surface area contributed by atoms with Gasteiger partial charge in [-0.1, -0.05) is 369 Å². The van der Waals surface area contributed by atoms with Gasteiger partial charge in [0.15, 0.2) is 12.2 Å². The van der Waals surface area contributed by atoms with Gasteiger partial charge in [0.2, 0.25) is 0 Å². The van der Waals surface area contributed by atoms with Crippen LogP contribution < -0.4 is 0 Å². The number of aliphatic hydroxyl groups is 1. The van der Waals surface area contributed by atoms with Gasteiger partial charge in [-0.2, -0.15) is 0 Å². The lowest BCUT2D eigenvalue weighted by atomic mass is 9.99. The number of unbranched alkanes of at least 4 members (excludes halogenated alkanes) is 50. The Balaban J connectivity index is 5.23. The first kappa shape index (κ1) is 96.1. The molecule has 0 saturated carbocycles. The third-order valence-corrected chi connectivity index (χ3v) is 20.8. The third kappa shape index (κ3) is 71.1. The van der Waals surface area contributed by atoms with Crippen molar-refractivity contribution in [3.8, 4) is 0 Å². The molecule has 582 valence electrons. The van der Waals surface area contributed by atoms with Gasteiger partial charge in [0.25, 0.3) is 0 Å². The highest BCUT2D eigenvalue weighted by atomic mass is 31.2. The molecule has 0 saturated heterocycles. The molecule has 0 aliphatic carbocycles. The second-order valence-corrected chi connectivity index (χ2v) is 31.6. The lowest BCUT2D eigenvalue weighted by Crippen LogP contribution is -2.30. The maximum atomic E-state index is 13.1. The summed E-state index contributed by atoms with van der Waals surface area (Å²) in [5.41, 5.74) is 0. The average Bonchev–Trinajstić information content (AvgIpc) is 1.08. The predicted octanol–water partition coefficient (Wildman–Crippen LogP) is 23.6. The second-order valence-electron chi connectivity index (χ2n) is 28.7. The molecule has 0 heterocycles. The van der Waals surface area contributed by atoms with Crippen LogP contribution in [0.25, 0.3) is 0 Å². The zero-order chi connectivity index (χ0) is 71.9. The molecular weight excluding hydrogens is 1280 g/mol. The van der Waals surface area contributed by atoms with E-state index in [-0.39, 0.29) is 25.7 Å². The van der Waals surface area contributed by atoms with Crippen LogP contribution in [-0.4, -0.2) is 96.7 Å². The Hall–Kier alpha value is -1.94. The molecule has 0 rings (SSSR count). The maximum absolute atomic E-state index is 13.1. The summed E-state index contributed by atoms with van der Waals surface area (Å²) >= 11 is 0. The topological polar surface area (TPSA) is 237 Å². The molecule has 6 atom stereocenters. The van der Waals surface area contributed by atoms with Crippen LogP contribution in [0.4, 0.5) is 0 Å². The lowest BCUT2D eigenvalue weighted by molar-refractivity contribution is -0.161. The fraction of sp³-hybridized carbons (Fsp3) is 0.949. The van der Waals surface area contributed by atoms with E-state index in [4.69, 9.17) is 37.0 Å². The molecule has 0 aromatic rings. The largest absolute Gasteiger partial charge is 0.472 e. The minimum atomic E-state index is -4.96. The SMILES string of the molecule is CCCCCCCCCCCCCCCCCCC(=O)OC[C@H](COP(=O)(O)OC[C@@H](O)COP(=O)(O)OC[C@@H](COC(=O)CCCCCCCCCCC)OC(=O)CCCCCCCCCCCCCCCCC)OC(=O)CCCCCCCCCCCCCCCCC(C)CC. The van der Waals surface area contributed by atoms with Crippen molar-refractivity contribution in [1.82, 2.24) is 0 Å². The molecule has 19 heteroatoms. The Kier molecular flexibility index (Phi) is 70.6. The molecule has 0 amide bonds. The molecule has 0 radical (unpaired) electrons.